The molecule has 1 aromatic heterocycles. The average Bonchev–Trinajstić information content (AvgIpc) is 3.12. The van der Waals surface area contributed by atoms with E-state index in [1.165, 1.54) is 43.5 Å². The molecule has 1 aliphatic carbocycles. The first kappa shape index (κ1) is 13.6. The number of hydrogen-bond donors (Lipinski definition) is 1. The van der Waals surface area contributed by atoms with Gasteiger partial charge in [-0.2, -0.15) is 5.10 Å². The molecule has 1 aromatic rings. The van der Waals surface area contributed by atoms with Crippen LogP contribution in [0.3, 0.4) is 0 Å². The van der Waals surface area contributed by atoms with E-state index in [2.05, 4.69) is 42.1 Å². The molecule has 0 spiro atoms. The van der Waals surface area contributed by atoms with Crippen LogP contribution < -0.4 is 5.32 Å². The molecule has 1 unspecified atom stereocenters. The molecule has 102 valence electrons. The third-order valence-corrected chi connectivity index (χ3v) is 3.89. The van der Waals surface area contributed by atoms with E-state index < -0.39 is 0 Å². The van der Waals surface area contributed by atoms with Gasteiger partial charge in [0.25, 0.3) is 0 Å². The van der Waals surface area contributed by atoms with Gasteiger partial charge in [0, 0.05) is 13.1 Å². The zero-order chi connectivity index (χ0) is 13.0. The van der Waals surface area contributed by atoms with Gasteiger partial charge in [0.05, 0.1) is 11.4 Å². The van der Waals surface area contributed by atoms with Crippen LogP contribution in [0.2, 0.25) is 0 Å². The molecule has 1 N–H and O–H groups in total. The quantitative estimate of drug-likeness (QED) is 0.766. The van der Waals surface area contributed by atoms with E-state index in [1.807, 2.05) is 0 Å². The summed E-state index contributed by atoms with van der Waals surface area (Å²) >= 11 is 0. The number of hydrogen-bond acceptors (Lipinski definition) is 2. The zero-order valence-electron chi connectivity index (χ0n) is 12.1. The van der Waals surface area contributed by atoms with Crippen LogP contribution in [0, 0.1) is 5.92 Å². The van der Waals surface area contributed by atoms with Gasteiger partial charge in [-0.1, -0.05) is 26.7 Å². The second-order valence-electron chi connectivity index (χ2n) is 5.57. The van der Waals surface area contributed by atoms with Gasteiger partial charge < -0.3 is 5.32 Å². The highest BCUT2D eigenvalue weighted by Crippen LogP contribution is 2.35. The molecule has 1 heterocycles. The van der Waals surface area contributed by atoms with Crippen LogP contribution in [0.4, 0.5) is 0 Å². The van der Waals surface area contributed by atoms with Gasteiger partial charge in [-0.15, -0.1) is 0 Å². The summed E-state index contributed by atoms with van der Waals surface area (Å²) in [5.74, 6) is 1.01. The molecule has 0 bridgehead atoms. The van der Waals surface area contributed by atoms with Crippen molar-refractivity contribution in [1.82, 2.24) is 15.1 Å². The fourth-order valence-electron chi connectivity index (χ4n) is 2.52. The van der Waals surface area contributed by atoms with E-state index in [0.717, 1.165) is 18.9 Å². The van der Waals surface area contributed by atoms with Crippen molar-refractivity contribution in [2.75, 3.05) is 6.54 Å². The van der Waals surface area contributed by atoms with Crippen molar-refractivity contribution in [3.8, 4) is 0 Å². The third-order valence-electron chi connectivity index (χ3n) is 3.89. The van der Waals surface area contributed by atoms with Gasteiger partial charge in [-0.05, 0) is 44.2 Å². The molecule has 0 aromatic carbocycles. The molecule has 18 heavy (non-hydrogen) atoms. The fraction of sp³-hybridized carbons (Fsp3) is 0.800. The van der Waals surface area contributed by atoms with Crippen LogP contribution in [0.1, 0.15) is 63.4 Å². The van der Waals surface area contributed by atoms with Crippen molar-refractivity contribution in [3.63, 3.8) is 0 Å². The molecular formula is C15H27N3. The fourth-order valence-corrected chi connectivity index (χ4v) is 2.52. The van der Waals surface area contributed by atoms with E-state index in [0.29, 0.717) is 6.04 Å². The Balaban J connectivity index is 2.01. The maximum absolute atomic E-state index is 4.58. The van der Waals surface area contributed by atoms with Crippen LogP contribution in [-0.2, 0) is 13.5 Å². The lowest BCUT2D eigenvalue weighted by molar-refractivity contribution is 0.444. The highest BCUT2D eigenvalue weighted by Gasteiger charge is 2.24. The smallest absolute Gasteiger partial charge is 0.0625 e. The van der Waals surface area contributed by atoms with Crippen LogP contribution in [0.15, 0.2) is 6.07 Å². The maximum atomic E-state index is 4.58. The number of rotatable bonds is 8. The first-order chi connectivity index (χ1) is 8.74. The van der Waals surface area contributed by atoms with Gasteiger partial charge in [0.1, 0.15) is 0 Å². The highest BCUT2D eigenvalue weighted by molar-refractivity contribution is 5.14. The number of aromatic nitrogens is 2. The normalized spacial score (nSPS) is 17.1. The van der Waals surface area contributed by atoms with Crippen molar-refractivity contribution in [1.29, 1.82) is 0 Å². The lowest BCUT2D eigenvalue weighted by Gasteiger charge is -2.18. The minimum absolute atomic E-state index is 0.489. The van der Waals surface area contributed by atoms with E-state index in [9.17, 15) is 0 Å². The molecule has 0 saturated heterocycles. The van der Waals surface area contributed by atoms with Gasteiger partial charge in [-0.3, -0.25) is 4.68 Å². The van der Waals surface area contributed by atoms with Gasteiger partial charge in [0.15, 0.2) is 0 Å². The third kappa shape index (κ3) is 3.58. The summed E-state index contributed by atoms with van der Waals surface area (Å²) in [6.45, 7) is 5.50. The Morgan fingerprint density at radius 2 is 2.22 bits per heavy atom. The predicted molar refractivity (Wildman–Crippen MR) is 75.6 cm³/mol. The molecule has 1 aliphatic rings. The SMILES string of the molecule is CCCNC(CCC1CC1)c1cc(CC)nn1C. The van der Waals surface area contributed by atoms with Gasteiger partial charge in [0.2, 0.25) is 0 Å². The second-order valence-corrected chi connectivity index (χ2v) is 5.57. The standard InChI is InChI=1S/C15H27N3/c1-4-10-16-14(9-8-12-6-7-12)15-11-13(5-2)17-18(15)3/h11-12,14,16H,4-10H2,1-3H3. The zero-order valence-corrected chi connectivity index (χ0v) is 12.1. The second kappa shape index (κ2) is 6.37. The summed E-state index contributed by atoms with van der Waals surface area (Å²) in [6.07, 6.45) is 7.74. The Morgan fingerprint density at radius 1 is 1.44 bits per heavy atom. The number of nitrogens with one attached hydrogen (secondary N) is 1. The molecule has 0 aliphatic heterocycles. The topological polar surface area (TPSA) is 29.9 Å². The Kier molecular flexibility index (Phi) is 4.81. The van der Waals surface area contributed by atoms with E-state index in [1.54, 1.807) is 0 Å². The first-order valence-corrected chi connectivity index (χ1v) is 7.50. The summed E-state index contributed by atoms with van der Waals surface area (Å²) in [7, 11) is 2.08. The molecule has 1 saturated carbocycles. The van der Waals surface area contributed by atoms with Crippen LogP contribution >= 0.6 is 0 Å². The molecule has 0 radical (unpaired) electrons. The number of aryl methyl sites for hydroxylation is 2. The first-order valence-electron chi connectivity index (χ1n) is 7.50. The summed E-state index contributed by atoms with van der Waals surface area (Å²) in [5, 5.41) is 8.26. The van der Waals surface area contributed by atoms with Crippen molar-refractivity contribution < 1.29 is 0 Å². The Morgan fingerprint density at radius 3 is 2.78 bits per heavy atom. The Bertz CT molecular complexity index is 366. The lowest BCUT2D eigenvalue weighted by atomic mass is 10.0. The molecule has 0 amide bonds. The lowest BCUT2D eigenvalue weighted by Crippen LogP contribution is -2.24. The monoisotopic (exact) mass is 249 g/mol. The summed E-state index contributed by atoms with van der Waals surface area (Å²) in [4.78, 5) is 0. The van der Waals surface area contributed by atoms with Crippen molar-refractivity contribution in [2.24, 2.45) is 13.0 Å². The van der Waals surface area contributed by atoms with Crippen molar-refractivity contribution in [2.45, 2.75) is 58.4 Å². The van der Waals surface area contributed by atoms with Gasteiger partial charge in [-0.25, -0.2) is 0 Å². The molecule has 3 heteroatoms. The minimum atomic E-state index is 0.489. The van der Waals surface area contributed by atoms with E-state index in [-0.39, 0.29) is 0 Å². The molecule has 3 nitrogen and oxygen atoms in total. The number of nitrogens with zero attached hydrogens (tertiary/aromatic N) is 2. The molecule has 1 atom stereocenters. The van der Waals surface area contributed by atoms with Crippen LogP contribution in [0.25, 0.3) is 0 Å². The maximum Gasteiger partial charge on any atom is 0.0625 e. The largest absolute Gasteiger partial charge is 0.309 e. The molecular weight excluding hydrogens is 222 g/mol. The highest BCUT2D eigenvalue weighted by atomic mass is 15.3. The van der Waals surface area contributed by atoms with Crippen molar-refractivity contribution in [3.05, 3.63) is 17.5 Å². The summed E-state index contributed by atoms with van der Waals surface area (Å²) in [5.41, 5.74) is 2.57. The van der Waals surface area contributed by atoms with Crippen LogP contribution in [-0.4, -0.2) is 16.3 Å². The Labute approximate surface area is 111 Å². The van der Waals surface area contributed by atoms with Gasteiger partial charge >= 0.3 is 0 Å². The summed E-state index contributed by atoms with van der Waals surface area (Å²) in [6, 6.07) is 2.77. The predicted octanol–water partition coefficient (Wildman–Crippen LogP) is 3.21. The molecule has 2 rings (SSSR count). The average molecular weight is 249 g/mol. The molecule has 1 fully saturated rings. The van der Waals surface area contributed by atoms with E-state index in [4.69, 9.17) is 0 Å². The van der Waals surface area contributed by atoms with E-state index >= 15 is 0 Å². The Hall–Kier alpha value is -0.830. The van der Waals surface area contributed by atoms with Crippen LogP contribution in [0.5, 0.6) is 0 Å². The van der Waals surface area contributed by atoms with Crippen molar-refractivity contribution >= 4 is 0 Å². The summed E-state index contributed by atoms with van der Waals surface area (Å²) < 4.78 is 2.07. The minimum Gasteiger partial charge on any atom is -0.309 e.